The van der Waals surface area contributed by atoms with E-state index in [0.717, 1.165) is 48.8 Å². The number of nitrogens with one attached hydrogen (secondary N) is 1. The number of hydrogen-bond acceptors (Lipinski definition) is 4. The molecule has 1 N–H and O–H groups in total. The summed E-state index contributed by atoms with van der Waals surface area (Å²) in [5.41, 5.74) is 2.00. The Bertz CT molecular complexity index is 948. The van der Waals surface area contributed by atoms with E-state index in [1.165, 1.54) is 11.8 Å². The lowest BCUT2D eigenvalue weighted by Crippen LogP contribution is -2.44. The number of carbonyl (C=O) groups excluding carboxylic acids is 1. The molecule has 1 fully saturated rings. The topological polar surface area (TPSA) is 54.7 Å². The van der Waals surface area contributed by atoms with Gasteiger partial charge in [0.1, 0.15) is 12.4 Å². The third kappa shape index (κ3) is 5.43. The second-order valence-corrected chi connectivity index (χ2v) is 7.96. The zero-order valence-corrected chi connectivity index (χ0v) is 17.5. The summed E-state index contributed by atoms with van der Waals surface area (Å²) in [7, 11) is 0. The minimum atomic E-state index is -0.178. The van der Waals surface area contributed by atoms with E-state index in [4.69, 9.17) is 20.8 Å². The van der Waals surface area contributed by atoms with Crippen molar-refractivity contribution < 1.29 is 13.9 Å². The van der Waals surface area contributed by atoms with Crippen LogP contribution >= 0.6 is 11.6 Å². The van der Waals surface area contributed by atoms with Crippen molar-refractivity contribution in [1.29, 1.82) is 0 Å². The Morgan fingerprint density at radius 3 is 2.53 bits per heavy atom. The number of hydrogen-bond donors (Lipinski definition) is 1. The van der Waals surface area contributed by atoms with E-state index in [2.05, 4.69) is 22.3 Å². The van der Waals surface area contributed by atoms with Gasteiger partial charge < -0.3 is 14.5 Å². The monoisotopic (exact) mass is 424 g/mol. The maximum atomic E-state index is 12.7. The number of likely N-dealkylation sites (tertiary alicyclic amines) is 1. The fourth-order valence-electron chi connectivity index (χ4n) is 3.66. The van der Waals surface area contributed by atoms with Crippen LogP contribution in [0.3, 0.4) is 0 Å². The minimum absolute atomic E-state index is 0.145. The molecule has 0 saturated carbocycles. The molecule has 2 heterocycles. The highest BCUT2D eigenvalue weighted by Crippen LogP contribution is 2.19. The van der Waals surface area contributed by atoms with Gasteiger partial charge in [-0.1, -0.05) is 41.9 Å². The molecule has 1 aliphatic heterocycles. The van der Waals surface area contributed by atoms with Gasteiger partial charge in [0.2, 0.25) is 0 Å². The maximum absolute atomic E-state index is 12.7. The Hall–Kier alpha value is -2.76. The van der Waals surface area contributed by atoms with Crippen molar-refractivity contribution >= 4 is 17.5 Å². The predicted octanol–water partition coefficient (Wildman–Crippen LogP) is 4.91. The molecule has 0 aliphatic carbocycles. The molecule has 156 valence electrons. The second kappa shape index (κ2) is 9.83. The summed E-state index contributed by atoms with van der Waals surface area (Å²) in [5, 5.41) is 3.88. The second-order valence-electron chi connectivity index (χ2n) is 7.53. The summed E-state index contributed by atoms with van der Waals surface area (Å²) in [6.07, 6.45) is 3.36. The average Bonchev–Trinajstić information content (AvgIpc) is 3.25. The lowest BCUT2D eigenvalue weighted by molar-refractivity contribution is 0.0877. The van der Waals surface area contributed by atoms with Gasteiger partial charge in [-0.25, -0.2) is 0 Å². The van der Waals surface area contributed by atoms with Crippen molar-refractivity contribution in [2.45, 2.75) is 32.0 Å². The standard InChI is InChI=1S/C24H25ClN2O3/c25-20-8-6-18(7-9-20)16-27-13-10-21(11-14-27)26-24(28)23-19(12-15-29-23)17-30-22-4-2-1-3-5-22/h1-9,12,15,21H,10-11,13-14,16-17H2,(H,26,28). The van der Waals surface area contributed by atoms with E-state index in [1.807, 2.05) is 42.5 Å². The van der Waals surface area contributed by atoms with Gasteiger partial charge >= 0.3 is 0 Å². The van der Waals surface area contributed by atoms with Gasteiger partial charge in [-0.05, 0) is 48.7 Å². The molecule has 0 atom stereocenters. The summed E-state index contributed by atoms with van der Waals surface area (Å²) < 4.78 is 11.2. The van der Waals surface area contributed by atoms with Crippen molar-refractivity contribution in [3.8, 4) is 5.75 Å². The molecule has 0 spiro atoms. The molecule has 1 amide bonds. The van der Waals surface area contributed by atoms with Crippen molar-refractivity contribution in [3.63, 3.8) is 0 Å². The van der Waals surface area contributed by atoms with Crippen LogP contribution in [0, 0.1) is 0 Å². The molecule has 4 rings (SSSR count). The Kier molecular flexibility index (Phi) is 6.72. The third-order valence-electron chi connectivity index (χ3n) is 5.33. The molecule has 1 aliphatic rings. The van der Waals surface area contributed by atoms with Crippen LogP contribution in [0.1, 0.15) is 34.5 Å². The molecule has 1 saturated heterocycles. The molecule has 30 heavy (non-hydrogen) atoms. The van der Waals surface area contributed by atoms with Gasteiger partial charge in [0.15, 0.2) is 5.76 Å². The smallest absolute Gasteiger partial charge is 0.287 e. The number of nitrogens with zero attached hydrogens (tertiary/aromatic N) is 1. The zero-order valence-electron chi connectivity index (χ0n) is 16.7. The fraction of sp³-hybridized carbons (Fsp3) is 0.292. The Morgan fingerprint density at radius 1 is 1.07 bits per heavy atom. The van der Waals surface area contributed by atoms with E-state index < -0.39 is 0 Å². The molecular formula is C24H25ClN2O3. The van der Waals surface area contributed by atoms with Crippen LogP contribution in [0.15, 0.2) is 71.3 Å². The number of rotatable bonds is 7. The first kappa shape index (κ1) is 20.5. The number of ether oxygens (including phenoxy) is 1. The first-order valence-electron chi connectivity index (χ1n) is 10.2. The van der Waals surface area contributed by atoms with Crippen LogP contribution in [0.25, 0.3) is 0 Å². The molecule has 3 aromatic rings. The van der Waals surface area contributed by atoms with Crippen LogP contribution in [-0.4, -0.2) is 29.9 Å². The molecule has 6 heteroatoms. The largest absolute Gasteiger partial charge is 0.489 e. The molecule has 1 aromatic heterocycles. The number of para-hydroxylation sites is 1. The highest BCUT2D eigenvalue weighted by atomic mass is 35.5. The average molecular weight is 425 g/mol. The van der Waals surface area contributed by atoms with E-state index >= 15 is 0 Å². The van der Waals surface area contributed by atoms with Crippen molar-refractivity contribution in [1.82, 2.24) is 10.2 Å². The van der Waals surface area contributed by atoms with Crippen molar-refractivity contribution in [3.05, 3.63) is 88.8 Å². The lowest BCUT2D eigenvalue weighted by atomic mass is 10.0. The maximum Gasteiger partial charge on any atom is 0.287 e. The van der Waals surface area contributed by atoms with E-state index in [0.29, 0.717) is 12.4 Å². The molecule has 0 unspecified atom stereocenters. The number of halogens is 1. The number of amides is 1. The Labute approximate surface area is 181 Å². The highest BCUT2D eigenvalue weighted by Gasteiger charge is 2.23. The SMILES string of the molecule is O=C(NC1CCN(Cc2ccc(Cl)cc2)CC1)c1occc1COc1ccccc1. The van der Waals surface area contributed by atoms with Gasteiger partial charge in [0.25, 0.3) is 5.91 Å². The van der Waals surface area contributed by atoms with Crippen LogP contribution in [0.5, 0.6) is 5.75 Å². The Morgan fingerprint density at radius 2 is 1.80 bits per heavy atom. The molecular weight excluding hydrogens is 400 g/mol. The van der Waals surface area contributed by atoms with E-state index in [-0.39, 0.29) is 11.9 Å². The molecule has 5 nitrogen and oxygen atoms in total. The van der Waals surface area contributed by atoms with Gasteiger partial charge in [0, 0.05) is 36.3 Å². The van der Waals surface area contributed by atoms with Gasteiger partial charge in [-0.15, -0.1) is 0 Å². The van der Waals surface area contributed by atoms with Gasteiger partial charge in [-0.3, -0.25) is 9.69 Å². The van der Waals surface area contributed by atoms with E-state index in [9.17, 15) is 4.79 Å². The first-order valence-corrected chi connectivity index (χ1v) is 10.6. The van der Waals surface area contributed by atoms with Crippen LogP contribution in [-0.2, 0) is 13.2 Å². The Balaban J connectivity index is 1.26. The van der Waals surface area contributed by atoms with Crippen LogP contribution in [0.2, 0.25) is 5.02 Å². The molecule has 0 bridgehead atoms. The van der Waals surface area contributed by atoms with Crippen LogP contribution < -0.4 is 10.1 Å². The number of piperidine rings is 1. The molecule has 2 aromatic carbocycles. The van der Waals surface area contributed by atoms with Crippen molar-refractivity contribution in [2.24, 2.45) is 0 Å². The fourth-order valence-corrected chi connectivity index (χ4v) is 3.79. The number of benzene rings is 2. The summed E-state index contributed by atoms with van der Waals surface area (Å²) in [6, 6.07) is 19.4. The van der Waals surface area contributed by atoms with Gasteiger partial charge in [0.05, 0.1) is 6.26 Å². The summed E-state index contributed by atoms with van der Waals surface area (Å²) in [4.78, 5) is 15.1. The molecule has 0 radical (unpaired) electrons. The third-order valence-corrected chi connectivity index (χ3v) is 5.58. The van der Waals surface area contributed by atoms with E-state index in [1.54, 1.807) is 6.07 Å². The predicted molar refractivity (Wildman–Crippen MR) is 117 cm³/mol. The summed E-state index contributed by atoms with van der Waals surface area (Å²) >= 11 is 5.96. The number of furan rings is 1. The normalized spacial score (nSPS) is 15.1. The quantitative estimate of drug-likeness (QED) is 0.585. The summed E-state index contributed by atoms with van der Waals surface area (Å²) in [5.74, 6) is 0.912. The minimum Gasteiger partial charge on any atom is -0.489 e. The van der Waals surface area contributed by atoms with Gasteiger partial charge in [-0.2, -0.15) is 0 Å². The number of carbonyl (C=O) groups is 1. The lowest BCUT2D eigenvalue weighted by Gasteiger charge is -2.32. The van der Waals surface area contributed by atoms with Crippen LogP contribution in [0.4, 0.5) is 0 Å². The highest BCUT2D eigenvalue weighted by molar-refractivity contribution is 6.30. The first-order chi connectivity index (χ1) is 14.7. The summed E-state index contributed by atoms with van der Waals surface area (Å²) in [6.45, 7) is 3.07. The zero-order chi connectivity index (χ0) is 20.8. The van der Waals surface area contributed by atoms with Crippen molar-refractivity contribution in [2.75, 3.05) is 13.1 Å².